The van der Waals surface area contributed by atoms with Gasteiger partial charge in [-0.15, -0.1) is 0 Å². The zero-order valence-corrected chi connectivity index (χ0v) is 47.6. The molecule has 1 heteroatoms. The van der Waals surface area contributed by atoms with Gasteiger partial charge in [0.15, 0.2) is 0 Å². The fourth-order valence-electron chi connectivity index (χ4n) is 17.1. The molecule has 1 nitrogen and oxygen atoms in total. The second kappa shape index (κ2) is 16.5. The maximum absolute atomic E-state index is 2.65. The summed E-state index contributed by atoms with van der Waals surface area (Å²) in [6.45, 7) is 18.9. The summed E-state index contributed by atoms with van der Waals surface area (Å²) in [5, 5.41) is 0. The lowest BCUT2D eigenvalue weighted by atomic mass is 9.67. The smallest absolute Gasteiger partial charge is 0.0726 e. The summed E-state index contributed by atoms with van der Waals surface area (Å²) in [7, 11) is 0. The Morgan fingerprint density at radius 2 is 0.900 bits per heavy atom. The van der Waals surface area contributed by atoms with Gasteiger partial charge in [-0.2, -0.15) is 0 Å². The number of hydrogen-bond acceptors (Lipinski definition) is 1. The first kappa shape index (κ1) is 48.0. The van der Waals surface area contributed by atoms with Crippen molar-refractivity contribution in [2.24, 2.45) is 11.8 Å². The van der Waals surface area contributed by atoms with E-state index in [9.17, 15) is 0 Å². The van der Waals surface area contributed by atoms with Gasteiger partial charge in [0.2, 0.25) is 0 Å². The molecule has 0 amide bonds. The highest BCUT2D eigenvalue weighted by molar-refractivity contribution is 6.02. The first-order valence-corrected chi connectivity index (χ1v) is 29.7. The minimum Gasteiger partial charge on any atom is -0.310 e. The van der Waals surface area contributed by atoms with Crippen LogP contribution in [0.2, 0.25) is 0 Å². The third-order valence-electron chi connectivity index (χ3n) is 20.7. The quantitative estimate of drug-likeness (QED) is 0.166. The number of anilines is 3. The summed E-state index contributed by atoms with van der Waals surface area (Å²) < 4.78 is 0. The number of fused-ring (bicyclic) bond motifs is 21. The van der Waals surface area contributed by atoms with E-state index in [-0.39, 0.29) is 21.7 Å². The molecule has 0 heterocycles. The van der Waals surface area contributed by atoms with Crippen LogP contribution in [-0.4, -0.2) is 0 Å². The molecule has 0 aliphatic heterocycles. The van der Waals surface area contributed by atoms with Crippen molar-refractivity contribution in [3.63, 3.8) is 0 Å². The molecule has 10 aromatic carbocycles. The Morgan fingerprint density at radius 1 is 0.388 bits per heavy atom. The van der Waals surface area contributed by atoms with Crippen molar-refractivity contribution in [3.8, 4) is 66.8 Å². The average Bonchev–Trinajstić information content (AvgIpc) is 2.79. The van der Waals surface area contributed by atoms with Gasteiger partial charge in [0.05, 0.1) is 11.1 Å². The van der Waals surface area contributed by atoms with Gasteiger partial charge >= 0.3 is 0 Å². The molecule has 3 atom stereocenters. The average molecular weight is 1030 g/mol. The highest BCUT2D eigenvalue weighted by atomic mass is 15.1. The third-order valence-corrected chi connectivity index (χ3v) is 20.7. The molecule has 6 aliphatic rings. The zero-order valence-electron chi connectivity index (χ0n) is 47.6. The topological polar surface area (TPSA) is 3.24 Å². The van der Waals surface area contributed by atoms with E-state index in [0.29, 0.717) is 5.92 Å². The first-order chi connectivity index (χ1) is 38.7. The van der Waals surface area contributed by atoms with Crippen LogP contribution < -0.4 is 4.90 Å². The fraction of sp³-hybridized carbons (Fsp3) is 0.241. The van der Waals surface area contributed by atoms with Gasteiger partial charge in [-0.3, -0.25) is 0 Å². The van der Waals surface area contributed by atoms with Crippen LogP contribution in [0.1, 0.15) is 137 Å². The molecule has 2 saturated carbocycles. The Balaban J connectivity index is 0.915. The van der Waals surface area contributed by atoms with Crippen molar-refractivity contribution in [1.82, 2.24) is 0 Å². The largest absolute Gasteiger partial charge is 0.310 e. The van der Waals surface area contributed by atoms with E-state index in [4.69, 9.17) is 0 Å². The van der Waals surface area contributed by atoms with E-state index in [1.807, 2.05) is 0 Å². The second-order valence-electron chi connectivity index (χ2n) is 27.2. The first-order valence-electron chi connectivity index (χ1n) is 29.7. The molecule has 2 fully saturated rings. The highest BCUT2D eigenvalue weighted by Crippen LogP contribution is 2.68. The normalized spacial score (nSPS) is 19.6. The van der Waals surface area contributed by atoms with E-state index >= 15 is 0 Å². The standard InChI is InChI=1S/C79H69N/c1-75(2,3)50-35-41-68-63(44-50)64-45-51(76(4,5)6)36-42-69(64)79(68)67-28-16-13-23-62(67)73-70(79)29-18-30-72(73)80(54-39-40-59-57-21-12-15-27-66(57)78(71(59)46-54)47-48-31-34-52(78)43-48)53-37-32-49(33-38-53)55-19-9-10-20-56(55)60-24-17-25-61-58-22-11-14-26-65(58)77(7,8)74(60)61/h9-30,32-33,35-42,44-46,48,52H,31,34,43,47H2,1-8H3. The van der Waals surface area contributed by atoms with E-state index in [0.717, 1.165) is 11.6 Å². The van der Waals surface area contributed by atoms with Crippen molar-refractivity contribution in [2.75, 3.05) is 4.90 Å². The van der Waals surface area contributed by atoms with Gasteiger partial charge in [-0.05, 0) is 189 Å². The molecule has 10 aromatic rings. The van der Waals surface area contributed by atoms with Crippen LogP contribution in [0.25, 0.3) is 66.8 Å². The predicted molar refractivity (Wildman–Crippen MR) is 335 cm³/mol. The molecular formula is C79H69N. The maximum atomic E-state index is 2.65. The summed E-state index contributed by atoms with van der Waals surface area (Å²) in [6.07, 6.45) is 5.26. The zero-order chi connectivity index (χ0) is 54.2. The molecule has 0 radical (unpaired) electrons. The number of hydrogen-bond donors (Lipinski definition) is 0. The molecule has 80 heavy (non-hydrogen) atoms. The van der Waals surface area contributed by atoms with Crippen molar-refractivity contribution in [3.05, 3.63) is 268 Å². The van der Waals surface area contributed by atoms with Crippen LogP contribution in [0.15, 0.2) is 212 Å². The van der Waals surface area contributed by atoms with Crippen LogP contribution in [0, 0.1) is 11.8 Å². The van der Waals surface area contributed by atoms with Crippen LogP contribution >= 0.6 is 0 Å². The van der Waals surface area contributed by atoms with Crippen LogP contribution in [-0.2, 0) is 27.1 Å². The third kappa shape index (κ3) is 6.36. The summed E-state index contributed by atoms with van der Waals surface area (Å²) in [4.78, 5) is 2.64. The van der Waals surface area contributed by atoms with Gasteiger partial charge < -0.3 is 4.90 Å². The van der Waals surface area contributed by atoms with E-state index < -0.39 is 5.41 Å². The number of benzene rings is 10. The lowest BCUT2D eigenvalue weighted by Crippen LogP contribution is -2.32. The summed E-state index contributed by atoms with van der Waals surface area (Å²) in [5.41, 5.74) is 33.1. The lowest BCUT2D eigenvalue weighted by Gasteiger charge is -2.37. The van der Waals surface area contributed by atoms with Crippen molar-refractivity contribution < 1.29 is 0 Å². The van der Waals surface area contributed by atoms with Gasteiger partial charge in [-0.1, -0.05) is 244 Å². The summed E-state index contributed by atoms with van der Waals surface area (Å²) in [5.74, 6) is 1.45. The van der Waals surface area contributed by atoms with E-state index in [2.05, 4.69) is 273 Å². The van der Waals surface area contributed by atoms with E-state index in [1.165, 1.54) is 154 Å². The second-order valence-corrected chi connectivity index (χ2v) is 27.2. The van der Waals surface area contributed by atoms with E-state index in [1.54, 1.807) is 5.56 Å². The maximum Gasteiger partial charge on any atom is 0.0726 e. The number of rotatable bonds is 5. The highest BCUT2D eigenvalue weighted by Gasteiger charge is 2.57. The SMILES string of the molecule is CC(C)(C)c1ccc2c(c1)-c1cc(C(C)(C)C)ccc1C21c2ccccc2-c2c(N(c3ccc(-c4ccccc4-c4cccc5c4C(C)(C)c4ccccc4-5)cc3)c3ccc4c(c3)C3(CC5CCC3C5)c3ccccc3-4)cccc21. The minimum atomic E-state index is -0.501. The van der Waals surface area contributed by atoms with Gasteiger partial charge in [-0.25, -0.2) is 0 Å². The summed E-state index contributed by atoms with van der Waals surface area (Å²) in [6, 6.07) is 83.2. The van der Waals surface area contributed by atoms with Crippen LogP contribution in [0.3, 0.4) is 0 Å². The van der Waals surface area contributed by atoms with Crippen molar-refractivity contribution in [1.29, 1.82) is 0 Å². The Morgan fingerprint density at radius 3 is 1.54 bits per heavy atom. The molecule has 0 N–H and O–H groups in total. The molecule has 390 valence electrons. The van der Waals surface area contributed by atoms with Gasteiger partial charge in [0.25, 0.3) is 0 Å². The van der Waals surface area contributed by atoms with Gasteiger partial charge in [0.1, 0.15) is 0 Å². The molecule has 2 bridgehead atoms. The monoisotopic (exact) mass is 1030 g/mol. The molecule has 3 unspecified atom stereocenters. The minimum absolute atomic E-state index is 0.00229. The molecular weight excluding hydrogens is 963 g/mol. The summed E-state index contributed by atoms with van der Waals surface area (Å²) >= 11 is 0. The van der Waals surface area contributed by atoms with Crippen LogP contribution in [0.4, 0.5) is 17.1 Å². The van der Waals surface area contributed by atoms with Crippen molar-refractivity contribution >= 4 is 17.1 Å². The molecule has 0 aromatic heterocycles. The van der Waals surface area contributed by atoms with Crippen molar-refractivity contribution in [2.45, 2.75) is 108 Å². The van der Waals surface area contributed by atoms with Crippen LogP contribution in [0.5, 0.6) is 0 Å². The Labute approximate surface area is 474 Å². The molecule has 2 spiro atoms. The Kier molecular flexibility index (Phi) is 9.92. The molecule has 6 aliphatic carbocycles. The molecule has 0 saturated heterocycles. The Hall–Kier alpha value is -8.00. The lowest BCUT2D eigenvalue weighted by molar-refractivity contribution is 0.327. The molecule has 16 rings (SSSR count). The fourth-order valence-corrected chi connectivity index (χ4v) is 17.1. The predicted octanol–water partition coefficient (Wildman–Crippen LogP) is 20.8. The number of nitrogens with zero attached hydrogens (tertiary/aromatic N) is 1. The van der Waals surface area contributed by atoms with Gasteiger partial charge in [0, 0.05) is 27.8 Å². The Bertz CT molecular complexity index is 4200.